The Bertz CT molecular complexity index is 1700. The third-order valence-electron chi connectivity index (χ3n) is 8.13. The lowest BCUT2D eigenvalue weighted by molar-refractivity contribution is -0.111. The van der Waals surface area contributed by atoms with E-state index < -0.39 is 0 Å². The zero-order valence-electron chi connectivity index (χ0n) is 25.7. The first kappa shape index (κ1) is 29.8. The van der Waals surface area contributed by atoms with Crippen molar-refractivity contribution in [3.05, 3.63) is 84.7 Å². The predicted octanol–water partition coefficient (Wildman–Crippen LogP) is 6.25. The van der Waals surface area contributed by atoms with Gasteiger partial charge in [0.05, 0.1) is 5.69 Å². The van der Waals surface area contributed by atoms with Gasteiger partial charge in [-0.05, 0) is 81.8 Å². The van der Waals surface area contributed by atoms with Gasteiger partial charge in [-0.2, -0.15) is 0 Å². The number of nitrogens with two attached hydrogens (primary N) is 1. The number of carbonyl (C=O) groups excluding carboxylic acids is 1. The van der Waals surface area contributed by atoms with E-state index >= 15 is 0 Å². The maximum Gasteiger partial charge on any atom is 0.247 e. The van der Waals surface area contributed by atoms with Gasteiger partial charge in [-0.15, -0.1) is 0 Å². The van der Waals surface area contributed by atoms with Crippen molar-refractivity contribution in [2.24, 2.45) is 10.7 Å². The standard InChI is InChI=1S/C35H41N7O/c1-7-32(43)39-31-17-26(9-8-23(31)4)33-30-16-27(28(18-36)20-37-22(2)3)19-38-35(30)40-34(33)25-10-12-29(13-11-25)42-15-14-41(6)24(5)21-42/h7-13,16-20,22,24H,1,14-15,21,36H2,2-6H3,(H,38,40)(H,39,43)/b28-18+,37-20?. The number of fused-ring (bicyclic) bond motifs is 1. The summed E-state index contributed by atoms with van der Waals surface area (Å²) in [4.78, 5) is 30.0. The largest absolute Gasteiger partial charge is 0.404 e. The van der Waals surface area contributed by atoms with Crippen LogP contribution in [0.1, 0.15) is 31.9 Å². The van der Waals surface area contributed by atoms with Crippen LogP contribution in [0, 0.1) is 6.92 Å². The Hall–Kier alpha value is -4.69. The van der Waals surface area contributed by atoms with Gasteiger partial charge in [0, 0.05) is 83.8 Å². The quantitative estimate of drug-likeness (QED) is 0.170. The minimum absolute atomic E-state index is 0.148. The van der Waals surface area contributed by atoms with Crippen molar-refractivity contribution in [1.29, 1.82) is 0 Å². The van der Waals surface area contributed by atoms with Gasteiger partial charge in [0.15, 0.2) is 0 Å². The summed E-state index contributed by atoms with van der Waals surface area (Å²) < 4.78 is 0. The first-order chi connectivity index (χ1) is 20.7. The number of carbonyl (C=O) groups is 1. The van der Waals surface area contributed by atoms with E-state index in [0.29, 0.717) is 6.04 Å². The Labute approximate surface area is 254 Å². The molecule has 3 heterocycles. The van der Waals surface area contributed by atoms with E-state index in [1.165, 1.54) is 11.8 Å². The maximum atomic E-state index is 12.2. The molecule has 1 aliphatic heterocycles. The van der Waals surface area contributed by atoms with Crippen LogP contribution in [0.4, 0.5) is 11.4 Å². The van der Waals surface area contributed by atoms with Gasteiger partial charge in [-0.25, -0.2) is 4.98 Å². The summed E-state index contributed by atoms with van der Waals surface area (Å²) >= 11 is 0. The van der Waals surface area contributed by atoms with Crippen molar-refractivity contribution >= 4 is 40.1 Å². The topological polar surface area (TPSA) is 103 Å². The molecule has 0 spiro atoms. The molecule has 4 aromatic rings. The molecule has 1 saturated heterocycles. The highest BCUT2D eigenvalue weighted by Crippen LogP contribution is 2.40. The van der Waals surface area contributed by atoms with E-state index in [0.717, 1.165) is 75.4 Å². The zero-order chi connectivity index (χ0) is 30.7. The van der Waals surface area contributed by atoms with Crippen molar-refractivity contribution in [2.75, 3.05) is 36.9 Å². The molecule has 1 unspecified atom stereocenters. The van der Waals surface area contributed by atoms with Crippen LogP contribution in [0.25, 0.3) is 39.0 Å². The third kappa shape index (κ3) is 6.39. The molecule has 2 aromatic heterocycles. The molecule has 43 heavy (non-hydrogen) atoms. The monoisotopic (exact) mass is 575 g/mol. The lowest BCUT2D eigenvalue weighted by Gasteiger charge is -2.39. The van der Waals surface area contributed by atoms with Crippen LogP contribution in [0.2, 0.25) is 0 Å². The maximum absolute atomic E-state index is 12.2. The van der Waals surface area contributed by atoms with Crippen LogP contribution in [-0.2, 0) is 4.79 Å². The molecule has 1 atom stereocenters. The number of H-pyrrole nitrogens is 1. The van der Waals surface area contributed by atoms with Crippen LogP contribution in [0.3, 0.4) is 0 Å². The van der Waals surface area contributed by atoms with Crippen molar-refractivity contribution in [2.45, 2.75) is 39.8 Å². The van der Waals surface area contributed by atoms with Crippen molar-refractivity contribution in [3.63, 3.8) is 0 Å². The summed E-state index contributed by atoms with van der Waals surface area (Å²) in [7, 11) is 2.19. The van der Waals surface area contributed by atoms with Crippen LogP contribution < -0.4 is 16.0 Å². The minimum Gasteiger partial charge on any atom is -0.404 e. The number of aromatic amines is 1. The van der Waals surface area contributed by atoms with Crippen molar-refractivity contribution < 1.29 is 4.79 Å². The number of amides is 1. The average Bonchev–Trinajstić information content (AvgIpc) is 3.39. The number of pyridine rings is 1. The number of aromatic nitrogens is 2. The Kier molecular flexibility index (Phi) is 8.78. The van der Waals surface area contributed by atoms with Crippen LogP contribution in [0.15, 0.2) is 78.6 Å². The molecule has 8 nitrogen and oxygen atoms in total. The Balaban J connectivity index is 1.64. The van der Waals surface area contributed by atoms with Crippen LogP contribution in [0.5, 0.6) is 0 Å². The molecule has 0 saturated carbocycles. The second-order valence-corrected chi connectivity index (χ2v) is 11.5. The average molecular weight is 576 g/mol. The van der Waals surface area contributed by atoms with Crippen molar-refractivity contribution in [3.8, 4) is 22.4 Å². The van der Waals surface area contributed by atoms with E-state index in [1.807, 2.05) is 39.1 Å². The number of aryl methyl sites for hydroxylation is 1. The number of benzene rings is 2. The number of nitrogens with zero attached hydrogens (tertiary/aromatic N) is 4. The van der Waals surface area contributed by atoms with Gasteiger partial charge in [0.25, 0.3) is 0 Å². The Morgan fingerprint density at radius 1 is 1.16 bits per heavy atom. The molecule has 0 aliphatic carbocycles. The van der Waals surface area contributed by atoms with Gasteiger partial charge >= 0.3 is 0 Å². The smallest absolute Gasteiger partial charge is 0.247 e. The molecule has 0 bridgehead atoms. The van der Waals surface area contributed by atoms with Gasteiger partial charge in [0.2, 0.25) is 5.91 Å². The fourth-order valence-electron chi connectivity index (χ4n) is 5.41. The fraction of sp³-hybridized carbons (Fsp3) is 0.286. The molecule has 1 amide bonds. The number of likely N-dealkylation sites (N-methyl/N-ethyl adjacent to an activating group) is 1. The van der Waals surface area contributed by atoms with E-state index in [2.05, 4.69) is 82.0 Å². The number of nitrogens with one attached hydrogen (secondary N) is 2. The van der Waals surface area contributed by atoms with E-state index in [4.69, 9.17) is 10.7 Å². The zero-order valence-corrected chi connectivity index (χ0v) is 25.7. The normalized spacial score (nSPS) is 16.4. The molecule has 4 N–H and O–H groups in total. The fourth-order valence-corrected chi connectivity index (χ4v) is 5.41. The SMILES string of the molecule is C=CC(=O)Nc1cc(-c2c(-c3ccc(N4CCN(C)C(C)C4)cc3)[nH]c3ncc(/C(C=NC(C)C)=C/N)cc23)ccc1C. The molecule has 5 rings (SSSR count). The number of rotatable bonds is 8. The number of hydrogen-bond acceptors (Lipinski definition) is 6. The van der Waals surface area contributed by atoms with Gasteiger partial charge in [-0.1, -0.05) is 30.8 Å². The van der Waals surface area contributed by atoms with E-state index in [9.17, 15) is 4.79 Å². The first-order valence-corrected chi connectivity index (χ1v) is 14.8. The minimum atomic E-state index is -0.251. The summed E-state index contributed by atoms with van der Waals surface area (Å²) in [6, 6.07) is 17.6. The molecule has 1 aliphatic rings. The van der Waals surface area contributed by atoms with Gasteiger partial charge in [0.1, 0.15) is 5.65 Å². The number of anilines is 2. The third-order valence-corrected chi connectivity index (χ3v) is 8.13. The molecule has 8 heteroatoms. The molecule has 1 fully saturated rings. The van der Waals surface area contributed by atoms with Gasteiger partial charge < -0.3 is 25.8 Å². The Morgan fingerprint density at radius 2 is 1.91 bits per heavy atom. The lowest BCUT2D eigenvalue weighted by Crippen LogP contribution is -2.50. The highest BCUT2D eigenvalue weighted by molar-refractivity contribution is 6.12. The molecular weight excluding hydrogens is 534 g/mol. The highest BCUT2D eigenvalue weighted by Gasteiger charge is 2.22. The van der Waals surface area contributed by atoms with E-state index in [-0.39, 0.29) is 11.9 Å². The number of hydrogen-bond donors (Lipinski definition) is 3. The summed E-state index contributed by atoms with van der Waals surface area (Å²) in [6.45, 7) is 14.9. The second kappa shape index (κ2) is 12.7. The number of piperazine rings is 1. The number of aliphatic imine (C=N–C) groups is 1. The van der Waals surface area contributed by atoms with Crippen molar-refractivity contribution in [1.82, 2.24) is 14.9 Å². The second-order valence-electron chi connectivity index (χ2n) is 11.5. The summed E-state index contributed by atoms with van der Waals surface area (Å²) in [5.74, 6) is -0.251. The molecule has 2 aromatic carbocycles. The molecule has 0 radical (unpaired) electrons. The van der Waals surface area contributed by atoms with Gasteiger partial charge in [-0.3, -0.25) is 9.79 Å². The predicted molar refractivity (Wildman–Crippen MR) is 181 cm³/mol. The molecular formula is C35H41N7O. The highest BCUT2D eigenvalue weighted by atomic mass is 16.1. The lowest BCUT2D eigenvalue weighted by atomic mass is 9.96. The first-order valence-electron chi connectivity index (χ1n) is 14.8. The Morgan fingerprint density at radius 3 is 2.58 bits per heavy atom. The van der Waals surface area contributed by atoms with E-state index in [1.54, 1.807) is 12.4 Å². The summed E-state index contributed by atoms with van der Waals surface area (Å²) in [6.07, 6.45) is 6.46. The van der Waals surface area contributed by atoms with Crippen LogP contribution in [-0.4, -0.2) is 65.8 Å². The summed E-state index contributed by atoms with van der Waals surface area (Å²) in [5, 5.41) is 3.90. The number of allylic oxidation sites excluding steroid dienone is 1. The molecule has 222 valence electrons. The summed E-state index contributed by atoms with van der Waals surface area (Å²) in [5.41, 5.74) is 15.3. The van der Waals surface area contributed by atoms with Crippen LogP contribution >= 0.6 is 0 Å².